The third-order valence-electron chi connectivity index (χ3n) is 8.59. The molecule has 1 aromatic heterocycles. The fourth-order valence-electron chi connectivity index (χ4n) is 6.58. The average molecular weight is 535 g/mol. The second-order valence-electron chi connectivity index (χ2n) is 11.4. The third-order valence-corrected chi connectivity index (χ3v) is 10.7. The van der Waals surface area contributed by atoms with Crippen LogP contribution in [0.5, 0.6) is 0 Å². The maximum absolute atomic E-state index is 13.0. The van der Waals surface area contributed by atoms with Crippen LogP contribution in [0.15, 0.2) is 10.4 Å². The molecule has 3 aliphatic carbocycles. The minimum atomic E-state index is 0.289. The summed E-state index contributed by atoms with van der Waals surface area (Å²) in [6, 6.07) is 1.28. The number of aromatic nitrogens is 1. The van der Waals surface area contributed by atoms with Crippen molar-refractivity contribution in [3.8, 4) is 0 Å². The molecular formula is C29H50N4OS2. The smallest absolute Gasteiger partial charge is 0.232 e. The zero-order valence-corrected chi connectivity index (χ0v) is 24.4. The van der Waals surface area contributed by atoms with Gasteiger partial charge in [0.1, 0.15) is 0 Å². The van der Waals surface area contributed by atoms with Crippen molar-refractivity contribution in [2.45, 2.75) is 139 Å². The second kappa shape index (κ2) is 15.6. The van der Waals surface area contributed by atoms with E-state index >= 15 is 0 Å². The Morgan fingerprint density at radius 1 is 0.944 bits per heavy atom. The van der Waals surface area contributed by atoms with Gasteiger partial charge >= 0.3 is 0 Å². The molecule has 5 nitrogen and oxygen atoms in total. The van der Waals surface area contributed by atoms with Crippen molar-refractivity contribution in [3.05, 3.63) is 6.20 Å². The van der Waals surface area contributed by atoms with Crippen LogP contribution in [0, 0.1) is 5.92 Å². The quantitative estimate of drug-likeness (QED) is 0.148. The molecule has 1 N–H and O–H groups in total. The molecule has 0 saturated heterocycles. The molecule has 3 saturated carbocycles. The zero-order chi connectivity index (χ0) is 25.0. The molecule has 36 heavy (non-hydrogen) atoms. The Morgan fingerprint density at radius 3 is 2.22 bits per heavy atom. The molecule has 0 unspecified atom stereocenters. The Hall–Kier alpha value is -0.790. The van der Waals surface area contributed by atoms with Gasteiger partial charge in [0, 0.05) is 25.2 Å². The number of amides is 1. The van der Waals surface area contributed by atoms with Gasteiger partial charge in [-0.2, -0.15) is 0 Å². The van der Waals surface area contributed by atoms with Gasteiger partial charge in [-0.15, -0.1) is 11.8 Å². The van der Waals surface area contributed by atoms with E-state index in [1.165, 1.54) is 103 Å². The lowest BCUT2D eigenvalue weighted by atomic mass is 9.90. The summed E-state index contributed by atoms with van der Waals surface area (Å²) in [7, 11) is 0. The molecule has 0 atom stereocenters. The number of carbonyl (C=O) groups excluding carboxylic acids is 1. The van der Waals surface area contributed by atoms with Crippen LogP contribution in [0.2, 0.25) is 0 Å². The molecule has 4 rings (SSSR count). The number of rotatable bonds is 14. The van der Waals surface area contributed by atoms with Gasteiger partial charge in [0.2, 0.25) is 5.91 Å². The predicted molar refractivity (Wildman–Crippen MR) is 155 cm³/mol. The molecule has 7 heteroatoms. The highest BCUT2D eigenvalue weighted by Crippen LogP contribution is 2.34. The highest BCUT2D eigenvalue weighted by Gasteiger charge is 2.29. The number of thiazole rings is 1. The monoisotopic (exact) mass is 534 g/mol. The van der Waals surface area contributed by atoms with Gasteiger partial charge in [-0.05, 0) is 44.4 Å². The van der Waals surface area contributed by atoms with E-state index in [2.05, 4.69) is 22.3 Å². The number of nitrogens with zero attached hydrogens (tertiary/aromatic N) is 3. The number of anilines is 1. The van der Waals surface area contributed by atoms with Gasteiger partial charge in [0.15, 0.2) is 5.13 Å². The predicted octanol–water partition coefficient (Wildman–Crippen LogP) is 8.13. The van der Waals surface area contributed by atoms with Crippen molar-refractivity contribution in [2.24, 2.45) is 5.92 Å². The van der Waals surface area contributed by atoms with Crippen LogP contribution < -0.4 is 5.43 Å². The molecule has 0 radical (unpaired) electrons. The van der Waals surface area contributed by atoms with Gasteiger partial charge in [-0.1, -0.05) is 95.3 Å². The fraction of sp³-hybridized carbons (Fsp3) is 0.862. The van der Waals surface area contributed by atoms with Crippen LogP contribution in [-0.2, 0) is 4.79 Å². The number of unbranched alkanes of at least 4 members (excludes halogenated alkanes) is 1. The Morgan fingerprint density at radius 2 is 1.58 bits per heavy atom. The lowest BCUT2D eigenvalue weighted by molar-refractivity contribution is -0.128. The van der Waals surface area contributed by atoms with Crippen molar-refractivity contribution in [1.29, 1.82) is 0 Å². The van der Waals surface area contributed by atoms with E-state index in [4.69, 9.17) is 4.98 Å². The van der Waals surface area contributed by atoms with E-state index in [1.807, 2.05) is 6.20 Å². The average Bonchev–Trinajstić information content (AvgIpc) is 3.61. The van der Waals surface area contributed by atoms with Crippen molar-refractivity contribution in [1.82, 2.24) is 14.9 Å². The zero-order valence-electron chi connectivity index (χ0n) is 22.7. The molecule has 1 heterocycles. The number of carbonyl (C=O) groups is 1. The minimum Gasteiger partial charge on any atom is -0.342 e. The SMILES string of the molecule is CCCN(CCCCC1CCCC1)C(=O)CSc1cnc(NN(C2CCCCC2)C2CCCCC2)s1. The van der Waals surface area contributed by atoms with Crippen molar-refractivity contribution >= 4 is 34.1 Å². The lowest BCUT2D eigenvalue weighted by Crippen LogP contribution is -2.48. The standard InChI is InChI=1S/C29H50N4OS2/c1-2-20-32(21-12-11-15-24-13-9-10-14-24)27(34)23-35-28-22-30-29(36-28)31-33(25-16-5-3-6-17-25)26-18-7-4-8-19-26/h22,24-26H,2-21,23H2,1H3,(H,30,31). The first-order chi connectivity index (χ1) is 17.7. The first-order valence-corrected chi connectivity index (χ1v) is 16.9. The number of hydrogen-bond acceptors (Lipinski definition) is 6. The first-order valence-electron chi connectivity index (χ1n) is 15.1. The Balaban J connectivity index is 1.24. The lowest BCUT2D eigenvalue weighted by Gasteiger charge is -2.41. The Kier molecular flexibility index (Phi) is 12.2. The number of nitrogens with one attached hydrogen (secondary N) is 1. The highest BCUT2D eigenvalue weighted by atomic mass is 32.2. The maximum Gasteiger partial charge on any atom is 0.232 e. The molecule has 0 aromatic carbocycles. The summed E-state index contributed by atoms with van der Waals surface area (Å²) in [5.41, 5.74) is 3.76. The molecule has 3 aliphatic rings. The Bertz CT molecular complexity index is 736. The molecule has 1 aromatic rings. The topological polar surface area (TPSA) is 48.5 Å². The highest BCUT2D eigenvalue weighted by molar-refractivity contribution is 8.01. The van der Waals surface area contributed by atoms with Gasteiger partial charge in [-0.25, -0.2) is 9.99 Å². The van der Waals surface area contributed by atoms with E-state index in [1.54, 1.807) is 23.1 Å². The van der Waals surface area contributed by atoms with Crippen molar-refractivity contribution in [2.75, 3.05) is 24.3 Å². The largest absolute Gasteiger partial charge is 0.342 e. The number of hydrazine groups is 1. The molecule has 0 aliphatic heterocycles. The summed E-state index contributed by atoms with van der Waals surface area (Å²) >= 11 is 3.39. The second-order valence-corrected chi connectivity index (χ2v) is 13.7. The van der Waals surface area contributed by atoms with Crippen LogP contribution in [0.3, 0.4) is 0 Å². The van der Waals surface area contributed by atoms with Gasteiger partial charge in [0.25, 0.3) is 0 Å². The molecule has 1 amide bonds. The third kappa shape index (κ3) is 8.90. The van der Waals surface area contributed by atoms with E-state index < -0.39 is 0 Å². The van der Waals surface area contributed by atoms with Crippen LogP contribution >= 0.6 is 23.1 Å². The van der Waals surface area contributed by atoms with E-state index in [0.717, 1.165) is 41.2 Å². The fourth-order valence-corrected chi connectivity index (χ4v) is 8.35. The number of thioether (sulfide) groups is 1. The molecule has 3 fully saturated rings. The molecule has 0 spiro atoms. The van der Waals surface area contributed by atoms with Crippen LogP contribution in [0.1, 0.15) is 122 Å². The Labute approximate surface area is 228 Å². The van der Waals surface area contributed by atoms with Crippen molar-refractivity contribution < 1.29 is 4.79 Å². The summed E-state index contributed by atoms with van der Waals surface area (Å²) in [4.78, 5) is 19.8. The van der Waals surface area contributed by atoms with Gasteiger partial charge in [0.05, 0.1) is 16.2 Å². The van der Waals surface area contributed by atoms with Crippen molar-refractivity contribution in [3.63, 3.8) is 0 Å². The van der Waals surface area contributed by atoms with E-state index in [9.17, 15) is 4.79 Å². The summed E-state index contributed by atoms with van der Waals surface area (Å²) in [6.07, 6.45) is 25.9. The number of hydrogen-bond donors (Lipinski definition) is 1. The van der Waals surface area contributed by atoms with Gasteiger partial charge < -0.3 is 4.90 Å². The first kappa shape index (κ1) is 28.2. The molecular weight excluding hydrogens is 484 g/mol. The van der Waals surface area contributed by atoms with Crippen LogP contribution in [-0.4, -0.2) is 51.7 Å². The van der Waals surface area contributed by atoms with Gasteiger partial charge in [-0.3, -0.25) is 10.2 Å². The summed E-state index contributed by atoms with van der Waals surface area (Å²) in [6.45, 7) is 3.99. The van der Waals surface area contributed by atoms with Crippen LogP contribution in [0.25, 0.3) is 0 Å². The molecule has 204 valence electrons. The summed E-state index contributed by atoms with van der Waals surface area (Å²) in [5, 5.41) is 3.59. The summed E-state index contributed by atoms with van der Waals surface area (Å²) in [5.74, 6) is 1.77. The molecule has 0 bridgehead atoms. The van der Waals surface area contributed by atoms with E-state index in [-0.39, 0.29) is 5.91 Å². The summed E-state index contributed by atoms with van der Waals surface area (Å²) < 4.78 is 1.15. The van der Waals surface area contributed by atoms with E-state index in [0.29, 0.717) is 17.8 Å². The maximum atomic E-state index is 13.0. The van der Waals surface area contributed by atoms with Crippen LogP contribution in [0.4, 0.5) is 5.13 Å². The normalized spacial score (nSPS) is 20.3. The minimum absolute atomic E-state index is 0.289.